The van der Waals surface area contributed by atoms with Gasteiger partial charge in [0.2, 0.25) is 0 Å². The quantitative estimate of drug-likeness (QED) is 0.833. The van der Waals surface area contributed by atoms with Crippen molar-refractivity contribution in [3.8, 4) is 0 Å². The van der Waals surface area contributed by atoms with Crippen LogP contribution in [0.15, 0.2) is 36.7 Å². The van der Waals surface area contributed by atoms with E-state index in [1.54, 1.807) is 23.1 Å². The van der Waals surface area contributed by atoms with Crippen LogP contribution in [0.5, 0.6) is 0 Å². The molecule has 1 aliphatic heterocycles. The first kappa shape index (κ1) is 19.5. The number of carbonyl (C=O) groups is 2. The van der Waals surface area contributed by atoms with Crippen LogP contribution in [-0.2, 0) is 11.3 Å². The van der Waals surface area contributed by atoms with Crippen LogP contribution in [0.25, 0.3) is 0 Å². The van der Waals surface area contributed by atoms with Crippen LogP contribution < -0.4 is 10.6 Å². The fourth-order valence-electron chi connectivity index (χ4n) is 2.89. The predicted octanol–water partition coefficient (Wildman–Crippen LogP) is 2.14. The molecule has 0 bridgehead atoms. The molecule has 0 saturated carbocycles. The minimum Gasteiger partial charge on any atom is -0.453 e. The summed E-state index contributed by atoms with van der Waals surface area (Å²) in [6, 6.07) is 5.61. The number of amides is 3. The Morgan fingerprint density at radius 2 is 1.93 bits per heavy atom. The number of rotatable bonds is 4. The number of nitrogens with one attached hydrogen (secondary N) is 2. The minimum absolute atomic E-state index is 0.0882. The molecule has 2 aromatic rings. The van der Waals surface area contributed by atoms with Gasteiger partial charge in [0.25, 0.3) is 0 Å². The zero-order chi connectivity index (χ0) is 19.9. The third-order valence-corrected chi connectivity index (χ3v) is 4.33. The first-order valence-corrected chi connectivity index (χ1v) is 8.73. The molecule has 3 amide bonds. The Hall–Kier alpha value is -3.27. The zero-order valence-corrected chi connectivity index (χ0v) is 15.4. The van der Waals surface area contributed by atoms with Crippen molar-refractivity contribution in [3.05, 3.63) is 48.0 Å². The Morgan fingerprint density at radius 1 is 1.14 bits per heavy atom. The van der Waals surface area contributed by atoms with E-state index in [0.717, 1.165) is 5.56 Å². The van der Waals surface area contributed by atoms with Crippen molar-refractivity contribution in [2.24, 2.45) is 0 Å². The lowest BCUT2D eigenvalue weighted by Crippen LogP contribution is -2.48. The molecule has 2 heterocycles. The van der Waals surface area contributed by atoms with Crippen LogP contribution in [-0.4, -0.2) is 65.4 Å². The van der Waals surface area contributed by atoms with E-state index in [0.29, 0.717) is 38.4 Å². The second-order valence-electron chi connectivity index (χ2n) is 6.26. The standard InChI is InChI=1S/C18H21FN6O3/c1-28-18(27)25-8-6-24(7-9-25)12-13-2-3-15(19)16(10-13)23-17(26)22-14-4-5-20-21-11-14/h2-5,10-11H,6-9,12H2,1H3,(H2,20,22,23,26). The highest BCUT2D eigenvalue weighted by Crippen LogP contribution is 2.19. The van der Waals surface area contributed by atoms with Gasteiger partial charge in [-0.15, -0.1) is 0 Å². The molecule has 0 radical (unpaired) electrons. The second-order valence-corrected chi connectivity index (χ2v) is 6.26. The summed E-state index contributed by atoms with van der Waals surface area (Å²) in [5.74, 6) is -0.526. The van der Waals surface area contributed by atoms with Crippen molar-refractivity contribution in [1.82, 2.24) is 20.0 Å². The molecular weight excluding hydrogens is 367 g/mol. The number of methoxy groups -OCH3 is 1. The molecule has 1 aliphatic rings. The molecule has 1 aromatic heterocycles. The van der Waals surface area contributed by atoms with Crippen molar-refractivity contribution < 1.29 is 18.7 Å². The topological polar surface area (TPSA) is 99.7 Å². The number of carbonyl (C=O) groups excluding carboxylic acids is 2. The summed E-state index contributed by atoms with van der Waals surface area (Å²) < 4.78 is 18.8. The van der Waals surface area contributed by atoms with Gasteiger partial charge in [0.1, 0.15) is 5.82 Å². The molecule has 1 saturated heterocycles. The monoisotopic (exact) mass is 388 g/mol. The van der Waals surface area contributed by atoms with Gasteiger partial charge in [-0.05, 0) is 23.8 Å². The van der Waals surface area contributed by atoms with E-state index in [2.05, 4.69) is 25.7 Å². The number of aromatic nitrogens is 2. The lowest BCUT2D eigenvalue weighted by atomic mass is 10.1. The number of piperazine rings is 1. The maximum Gasteiger partial charge on any atom is 0.409 e. The molecule has 148 valence electrons. The van der Waals surface area contributed by atoms with Crippen molar-refractivity contribution in [1.29, 1.82) is 0 Å². The number of hydrogen-bond donors (Lipinski definition) is 2. The first-order chi connectivity index (χ1) is 13.5. The van der Waals surface area contributed by atoms with Crippen LogP contribution in [0.1, 0.15) is 5.56 Å². The molecule has 0 aliphatic carbocycles. The van der Waals surface area contributed by atoms with E-state index in [4.69, 9.17) is 4.74 Å². The van der Waals surface area contributed by atoms with Crippen LogP contribution in [0.4, 0.5) is 25.4 Å². The van der Waals surface area contributed by atoms with Crippen LogP contribution in [0.3, 0.4) is 0 Å². The van der Waals surface area contributed by atoms with E-state index in [-0.39, 0.29) is 11.8 Å². The second kappa shape index (κ2) is 9.09. The van der Waals surface area contributed by atoms with Gasteiger partial charge in [0.15, 0.2) is 0 Å². The van der Waals surface area contributed by atoms with E-state index >= 15 is 0 Å². The number of anilines is 2. The summed E-state index contributed by atoms with van der Waals surface area (Å²) in [4.78, 5) is 27.4. The van der Waals surface area contributed by atoms with Gasteiger partial charge in [0.05, 0.1) is 30.9 Å². The predicted molar refractivity (Wildman–Crippen MR) is 100 cm³/mol. The van der Waals surface area contributed by atoms with Gasteiger partial charge in [-0.3, -0.25) is 4.90 Å². The van der Waals surface area contributed by atoms with Gasteiger partial charge in [-0.1, -0.05) is 6.07 Å². The summed E-state index contributed by atoms with van der Waals surface area (Å²) in [6.45, 7) is 3.10. The average Bonchev–Trinajstić information content (AvgIpc) is 2.71. The summed E-state index contributed by atoms with van der Waals surface area (Å²) in [5, 5.41) is 12.3. The summed E-state index contributed by atoms with van der Waals surface area (Å²) >= 11 is 0. The van der Waals surface area contributed by atoms with Crippen molar-refractivity contribution in [3.63, 3.8) is 0 Å². The van der Waals surface area contributed by atoms with Crippen molar-refractivity contribution in [2.45, 2.75) is 6.54 Å². The molecule has 3 rings (SSSR count). The fraction of sp³-hybridized carbons (Fsp3) is 0.333. The van der Waals surface area contributed by atoms with E-state index in [1.807, 2.05) is 0 Å². The summed E-state index contributed by atoms with van der Waals surface area (Å²) in [6.07, 6.45) is 2.50. The highest BCUT2D eigenvalue weighted by atomic mass is 19.1. The average molecular weight is 388 g/mol. The third-order valence-electron chi connectivity index (χ3n) is 4.33. The molecule has 1 aromatic carbocycles. The van der Waals surface area contributed by atoms with E-state index < -0.39 is 11.8 Å². The molecule has 10 heteroatoms. The Bertz CT molecular complexity index is 827. The van der Waals surface area contributed by atoms with Crippen molar-refractivity contribution >= 4 is 23.5 Å². The number of hydrogen-bond acceptors (Lipinski definition) is 6. The SMILES string of the molecule is COC(=O)N1CCN(Cc2ccc(F)c(NC(=O)Nc3ccnnc3)c2)CC1. The van der Waals surface area contributed by atoms with Crippen LogP contribution >= 0.6 is 0 Å². The van der Waals surface area contributed by atoms with Gasteiger partial charge in [-0.25, -0.2) is 14.0 Å². The van der Waals surface area contributed by atoms with Gasteiger partial charge in [-0.2, -0.15) is 10.2 Å². The normalized spacial score (nSPS) is 14.4. The summed E-state index contributed by atoms with van der Waals surface area (Å²) in [7, 11) is 1.36. The Labute approximate surface area is 161 Å². The molecule has 0 atom stereocenters. The lowest BCUT2D eigenvalue weighted by molar-refractivity contribution is 0.0889. The van der Waals surface area contributed by atoms with Crippen LogP contribution in [0, 0.1) is 5.82 Å². The molecular formula is C18H21FN6O3. The highest BCUT2D eigenvalue weighted by Gasteiger charge is 2.21. The largest absolute Gasteiger partial charge is 0.453 e. The number of ether oxygens (including phenoxy) is 1. The number of halogens is 1. The molecule has 2 N–H and O–H groups in total. The highest BCUT2D eigenvalue weighted by molar-refractivity contribution is 5.99. The Morgan fingerprint density at radius 3 is 2.61 bits per heavy atom. The van der Waals surface area contributed by atoms with Gasteiger partial charge in [0, 0.05) is 32.7 Å². The Kier molecular flexibility index (Phi) is 6.33. The minimum atomic E-state index is -0.573. The third kappa shape index (κ3) is 5.13. The lowest BCUT2D eigenvalue weighted by Gasteiger charge is -2.33. The molecule has 1 fully saturated rings. The van der Waals surface area contributed by atoms with E-state index in [1.165, 1.54) is 25.6 Å². The molecule has 0 unspecified atom stereocenters. The Balaban J connectivity index is 1.57. The van der Waals surface area contributed by atoms with Crippen molar-refractivity contribution in [2.75, 3.05) is 43.9 Å². The zero-order valence-electron chi connectivity index (χ0n) is 15.4. The van der Waals surface area contributed by atoms with Gasteiger partial charge >= 0.3 is 12.1 Å². The number of benzene rings is 1. The van der Waals surface area contributed by atoms with E-state index in [9.17, 15) is 14.0 Å². The maximum atomic E-state index is 14.1. The number of urea groups is 1. The van der Waals surface area contributed by atoms with Crippen LogP contribution in [0.2, 0.25) is 0 Å². The maximum absolute atomic E-state index is 14.1. The molecule has 0 spiro atoms. The smallest absolute Gasteiger partial charge is 0.409 e. The molecule has 9 nitrogen and oxygen atoms in total. The van der Waals surface area contributed by atoms with Gasteiger partial charge < -0.3 is 20.3 Å². The number of nitrogens with zero attached hydrogens (tertiary/aromatic N) is 4. The fourth-order valence-corrected chi connectivity index (χ4v) is 2.89. The first-order valence-electron chi connectivity index (χ1n) is 8.73. The molecule has 28 heavy (non-hydrogen) atoms. The summed E-state index contributed by atoms with van der Waals surface area (Å²) in [5.41, 5.74) is 1.39.